The van der Waals surface area contributed by atoms with Gasteiger partial charge in [0, 0.05) is 24.6 Å². The van der Waals surface area contributed by atoms with Gasteiger partial charge in [-0.2, -0.15) is 0 Å². The van der Waals surface area contributed by atoms with Gasteiger partial charge >= 0.3 is 0 Å². The molecule has 0 spiro atoms. The van der Waals surface area contributed by atoms with Crippen LogP contribution in [0.5, 0.6) is 0 Å². The average Bonchev–Trinajstić information content (AvgIpc) is 3.46. The Kier molecular flexibility index (Phi) is 7.77. The van der Waals surface area contributed by atoms with E-state index < -0.39 is 0 Å². The van der Waals surface area contributed by atoms with Gasteiger partial charge in [-0.05, 0) is 30.7 Å². The minimum absolute atomic E-state index is 0.205. The van der Waals surface area contributed by atoms with Crippen LogP contribution in [0.1, 0.15) is 21.1 Å². The number of ether oxygens (including phenoxy) is 1. The highest BCUT2D eigenvalue weighted by Gasteiger charge is 2.20. The molecule has 0 unspecified atom stereocenters. The van der Waals surface area contributed by atoms with Gasteiger partial charge in [0.05, 0.1) is 23.1 Å². The molecule has 0 aliphatic rings. The summed E-state index contributed by atoms with van der Waals surface area (Å²) in [6.45, 7) is 2.96. The molecule has 10 heteroatoms. The van der Waals surface area contributed by atoms with Gasteiger partial charge in [0.2, 0.25) is 0 Å². The number of nitrogens with one attached hydrogen (secondary N) is 1. The highest BCUT2D eigenvalue weighted by Crippen LogP contribution is 2.34. The van der Waals surface area contributed by atoms with Crippen LogP contribution in [0.15, 0.2) is 59.1 Å². The first-order valence-corrected chi connectivity index (χ1v) is 12.4. The Hall–Kier alpha value is -2.72. The fourth-order valence-corrected chi connectivity index (χ4v) is 5.13. The number of aromatic nitrogens is 4. The maximum atomic E-state index is 12.2. The Morgan fingerprint density at radius 3 is 2.76 bits per heavy atom. The normalized spacial score (nSPS) is 11.0. The molecular formula is C23H22ClN5O2S2. The van der Waals surface area contributed by atoms with Crippen molar-refractivity contribution < 1.29 is 9.53 Å². The largest absolute Gasteiger partial charge is 0.383 e. The second-order valence-corrected chi connectivity index (χ2v) is 9.36. The molecule has 1 N–H and O–H groups in total. The minimum atomic E-state index is -0.205. The lowest BCUT2D eigenvalue weighted by Crippen LogP contribution is -2.27. The van der Waals surface area contributed by atoms with Crippen molar-refractivity contribution in [1.82, 2.24) is 25.1 Å². The van der Waals surface area contributed by atoms with Gasteiger partial charge in [-0.1, -0.05) is 53.7 Å². The smallest absolute Gasteiger partial charge is 0.270 e. The second-order valence-electron chi connectivity index (χ2n) is 7.07. The van der Waals surface area contributed by atoms with Gasteiger partial charge in [0.25, 0.3) is 5.91 Å². The van der Waals surface area contributed by atoms with Gasteiger partial charge in [-0.3, -0.25) is 9.36 Å². The van der Waals surface area contributed by atoms with E-state index in [1.54, 1.807) is 12.5 Å². The lowest BCUT2D eigenvalue weighted by molar-refractivity contribution is 0.0932. The Bertz CT molecular complexity index is 1260. The third-order valence-corrected chi connectivity index (χ3v) is 7.11. The molecule has 33 heavy (non-hydrogen) atoms. The topological polar surface area (TPSA) is 81.9 Å². The molecule has 0 aliphatic heterocycles. The van der Waals surface area contributed by atoms with Crippen molar-refractivity contribution >= 4 is 40.6 Å². The zero-order chi connectivity index (χ0) is 23.2. The number of carbonyl (C=O) groups excluding carboxylic acids is 1. The van der Waals surface area contributed by atoms with Crippen LogP contribution in [0.25, 0.3) is 17.1 Å². The molecule has 170 valence electrons. The van der Waals surface area contributed by atoms with Crippen molar-refractivity contribution in [3.05, 3.63) is 75.2 Å². The van der Waals surface area contributed by atoms with Crippen LogP contribution in [0.3, 0.4) is 0 Å². The molecule has 0 aliphatic carbocycles. The van der Waals surface area contributed by atoms with Crippen LogP contribution >= 0.6 is 34.7 Å². The molecule has 4 rings (SSSR count). The van der Waals surface area contributed by atoms with E-state index in [-0.39, 0.29) is 5.91 Å². The molecule has 2 aromatic carbocycles. The van der Waals surface area contributed by atoms with E-state index in [0.717, 1.165) is 27.0 Å². The zero-order valence-electron chi connectivity index (χ0n) is 18.1. The number of hydrogen-bond acceptors (Lipinski definition) is 7. The van der Waals surface area contributed by atoms with Gasteiger partial charge in [-0.25, -0.2) is 4.98 Å². The predicted octanol–water partition coefficient (Wildman–Crippen LogP) is 5.02. The zero-order valence-corrected chi connectivity index (χ0v) is 20.5. The number of rotatable bonds is 9. The number of methoxy groups -OCH3 is 1. The highest BCUT2D eigenvalue weighted by molar-refractivity contribution is 7.98. The number of benzene rings is 2. The van der Waals surface area contributed by atoms with E-state index in [1.807, 2.05) is 47.0 Å². The molecular weight excluding hydrogens is 478 g/mol. The number of thiazole rings is 1. The maximum Gasteiger partial charge on any atom is 0.270 e. The summed E-state index contributed by atoms with van der Waals surface area (Å²) >= 11 is 9.43. The van der Waals surface area contributed by atoms with Crippen LogP contribution in [0.2, 0.25) is 5.02 Å². The first kappa shape index (κ1) is 23.4. The summed E-state index contributed by atoms with van der Waals surface area (Å²) < 4.78 is 6.98. The molecule has 0 saturated carbocycles. The Balaban J connectivity index is 1.60. The van der Waals surface area contributed by atoms with Crippen LogP contribution in [-0.4, -0.2) is 45.9 Å². The van der Waals surface area contributed by atoms with E-state index >= 15 is 0 Å². The third-order valence-electron chi connectivity index (χ3n) is 4.81. The van der Waals surface area contributed by atoms with Crippen molar-refractivity contribution in [2.75, 3.05) is 20.3 Å². The average molecular weight is 500 g/mol. The van der Waals surface area contributed by atoms with Crippen LogP contribution in [0, 0.1) is 6.92 Å². The number of carbonyl (C=O) groups is 1. The Morgan fingerprint density at radius 1 is 1.18 bits per heavy atom. The number of nitrogens with zero attached hydrogens (tertiary/aromatic N) is 4. The maximum absolute atomic E-state index is 12.2. The van der Waals surface area contributed by atoms with Crippen molar-refractivity contribution in [2.24, 2.45) is 0 Å². The first-order valence-electron chi connectivity index (χ1n) is 10.2. The van der Waals surface area contributed by atoms with Gasteiger partial charge < -0.3 is 10.1 Å². The van der Waals surface area contributed by atoms with E-state index in [0.29, 0.717) is 35.4 Å². The number of halogens is 1. The minimum Gasteiger partial charge on any atom is -0.383 e. The number of aryl methyl sites for hydroxylation is 1. The highest BCUT2D eigenvalue weighted by atomic mass is 35.5. The summed E-state index contributed by atoms with van der Waals surface area (Å²) in [7, 11) is 1.59. The van der Waals surface area contributed by atoms with Crippen molar-refractivity contribution in [3.8, 4) is 17.1 Å². The summed E-state index contributed by atoms with van der Waals surface area (Å²) in [6.07, 6.45) is 0. The molecule has 0 saturated heterocycles. The Labute approximate surface area is 205 Å². The van der Waals surface area contributed by atoms with E-state index in [1.165, 1.54) is 23.1 Å². The molecule has 7 nitrogen and oxygen atoms in total. The van der Waals surface area contributed by atoms with E-state index in [9.17, 15) is 4.79 Å². The van der Waals surface area contributed by atoms with Crippen molar-refractivity contribution in [2.45, 2.75) is 17.8 Å². The molecule has 4 aromatic rings. The fourth-order valence-electron chi connectivity index (χ4n) is 3.18. The third kappa shape index (κ3) is 5.44. The van der Waals surface area contributed by atoms with Crippen LogP contribution < -0.4 is 5.32 Å². The molecule has 0 fully saturated rings. The summed E-state index contributed by atoms with van der Waals surface area (Å²) in [5.74, 6) is 1.03. The van der Waals surface area contributed by atoms with Gasteiger partial charge in [0.1, 0.15) is 10.7 Å². The molecule has 1 amide bonds. The van der Waals surface area contributed by atoms with Crippen LogP contribution in [-0.2, 0) is 10.5 Å². The monoisotopic (exact) mass is 499 g/mol. The molecule has 2 aromatic heterocycles. The summed E-state index contributed by atoms with van der Waals surface area (Å²) in [5, 5.41) is 15.6. The van der Waals surface area contributed by atoms with Crippen molar-refractivity contribution in [3.63, 3.8) is 0 Å². The Morgan fingerprint density at radius 2 is 1.97 bits per heavy atom. The summed E-state index contributed by atoms with van der Waals surface area (Å²) in [6, 6.07) is 15.7. The molecule has 0 radical (unpaired) electrons. The number of thioether (sulfide) groups is 1. The lowest BCUT2D eigenvalue weighted by Gasteiger charge is -2.13. The lowest BCUT2D eigenvalue weighted by atomic mass is 10.1. The summed E-state index contributed by atoms with van der Waals surface area (Å²) in [5.41, 5.74) is 3.30. The summed E-state index contributed by atoms with van der Waals surface area (Å²) in [4.78, 5) is 16.7. The number of amides is 1. The van der Waals surface area contributed by atoms with E-state index in [2.05, 4.69) is 33.5 Å². The van der Waals surface area contributed by atoms with Crippen molar-refractivity contribution in [1.29, 1.82) is 0 Å². The number of hydrogen-bond donors (Lipinski definition) is 1. The first-order chi connectivity index (χ1) is 16.1. The predicted molar refractivity (Wildman–Crippen MR) is 132 cm³/mol. The molecule has 2 heterocycles. The van der Waals surface area contributed by atoms with Gasteiger partial charge in [-0.15, -0.1) is 21.5 Å². The fraction of sp³-hybridized carbons (Fsp3) is 0.217. The molecule has 0 atom stereocenters. The van der Waals surface area contributed by atoms with E-state index in [4.69, 9.17) is 16.3 Å². The van der Waals surface area contributed by atoms with Crippen LogP contribution in [0.4, 0.5) is 0 Å². The number of para-hydroxylation sites is 1. The standard InChI is InChI=1S/C23H22ClN5O2S2/c1-15-7-3-6-10-19(15)29-21(16-8-4-5-9-17(16)24)27-28-23(29)33-14-20-26-18(13-32-20)22(30)25-11-12-31-2/h3-10,13H,11-12,14H2,1-2H3,(H,25,30). The quantitative estimate of drug-likeness (QED) is 0.257. The SMILES string of the molecule is COCCNC(=O)c1csc(CSc2nnc(-c3ccccc3Cl)n2-c2ccccc2C)n1. The second kappa shape index (κ2) is 10.9. The van der Waals surface area contributed by atoms with Gasteiger partial charge in [0.15, 0.2) is 11.0 Å². The molecule has 0 bridgehead atoms.